The van der Waals surface area contributed by atoms with Gasteiger partial charge in [-0.25, -0.2) is 4.39 Å². The predicted octanol–water partition coefficient (Wildman–Crippen LogP) is 1.62. The summed E-state index contributed by atoms with van der Waals surface area (Å²) in [6.45, 7) is 0.818. The summed E-state index contributed by atoms with van der Waals surface area (Å²) in [7, 11) is 0. The quantitative estimate of drug-likeness (QED) is 0.514. The summed E-state index contributed by atoms with van der Waals surface area (Å²) < 4.78 is 12.5. The highest BCUT2D eigenvalue weighted by Crippen LogP contribution is 2.22. The Kier molecular flexibility index (Phi) is 1.13. The number of hydrogen-bond acceptors (Lipinski definition) is 0. The van der Waals surface area contributed by atoms with Gasteiger partial charge < -0.3 is 0 Å². The van der Waals surface area contributed by atoms with E-state index >= 15 is 0 Å². The highest BCUT2D eigenvalue weighted by Gasteiger charge is 2.10. The molecule has 10 heavy (non-hydrogen) atoms. The molecule has 0 spiro atoms. The van der Waals surface area contributed by atoms with Crippen LogP contribution in [0.3, 0.4) is 0 Å². The number of nitrogens with zero attached hydrogens (tertiary/aromatic N) is 1. The SMILES string of the molecule is Fc1ccc2c(c1)[N]CC2. The minimum absolute atomic E-state index is 0.190. The number of fused-ring (bicyclic) bond motifs is 1. The molecule has 1 nitrogen and oxygen atoms in total. The van der Waals surface area contributed by atoms with Gasteiger partial charge in [0.15, 0.2) is 0 Å². The molecule has 1 aliphatic heterocycles. The third-order valence-corrected chi connectivity index (χ3v) is 1.71. The van der Waals surface area contributed by atoms with Crippen molar-refractivity contribution in [1.82, 2.24) is 5.32 Å². The molecule has 1 aromatic rings. The number of rotatable bonds is 0. The zero-order chi connectivity index (χ0) is 6.97. The lowest BCUT2D eigenvalue weighted by Gasteiger charge is -1.94. The van der Waals surface area contributed by atoms with E-state index < -0.39 is 0 Å². The summed E-state index contributed by atoms with van der Waals surface area (Å²) in [6, 6.07) is 4.78. The Morgan fingerprint density at radius 3 is 3.20 bits per heavy atom. The molecular weight excluding hydrogens is 129 g/mol. The molecule has 2 rings (SSSR count). The zero-order valence-corrected chi connectivity index (χ0v) is 5.47. The summed E-state index contributed by atoms with van der Waals surface area (Å²) in [5.41, 5.74) is 2.00. The molecule has 1 aliphatic rings. The average molecular weight is 136 g/mol. The molecule has 0 N–H and O–H groups in total. The first-order chi connectivity index (χ1) is 4.86. The van der Waals surface area contributed by atoms with Crippen molar-refractivity contribution in [2.45, 2.75) is 6.42 Å². The maximum Gasteiger partial charge on any atom is 0.125 e. The molecule has 1 aromatic carbocycles. The van der Waals surface area contributed by atoms with Crippen molar-refractivity contribution in [3.63, 3.8) is 0 Å². The lowest BCUT2D eigenvalue weighted by molar-refractivity contribution is 0.627. The van der Waals surface area contributed by atoms with Crippen molar-refractivity contribution in [3.05, 3.63) is 29.6 Å². The Hall–Kier alpha value is -1.05. The smallest absolute Gasteiger partial charge is 0.125 e. The van der Waals surface area contributed by atoms with Crippen molar-refractivity contribution in [2.75, 3.05) is 6.54 Å². The van der Waals surface area contributed by atoms with E-state index in [4.69, 9.17) is 0 Å². The van der Waals surface area contributed by atoms with E-state index in [1.54, 1.807) is 6.07 Å². The third kappa shape index (κ3) is 0.764. The van der Waals surface area contributed by atoms with Crippen molar-refractivity contribution in [2.24, 2.45) is 0 Å². The van der Waals surface area contributed by atoms with Gasteiger partial charge in [-0.15, -0.1) is 0 Å². The highest BCUT2D eigenvalue weighted by atomic mass is 19.1. The Labute approximate surface area is 58.9 Å². The van der Waals surface area contributed by atoms with Crippen LogP contribution in [-0.4, -0.2) is 6.54 Å². The number of benzene rings is 1. The largest absolute Gasteiger partial charge is 0.285 e. The van der Waals surface area contributed by atoms with E-state index in [1.807, 2.05) is 0 Å². The number of hydrogen-bond donors (Lipinski definition) is 0. The maximum atomic E-state index is 12.5. The summed E-state index contributed by atoms with van der Waals surface area (Å²) in [5, 5.41) is 4.12. The fourth-order valence-corrected chi connectivity index (χ4v) is 1.19. The zero-order valence-electron chi connectivity index (χ0n) is 5.47. The third-order valence-electron chi connectivity index (χ3n) is 1.71. The van der Waals surface area contributed by atoms with Gasteiger partial charge in [0.25, 0.3) is 0 Å². The first-order valence-electron chi connectivity index (χ1n) is 3.32. The summed E-state index contributed by atoms with van der Waals surface area (Å²) in [4.78, 5) is 0. The first-order valence-corrected chi connectivity index (χ1v) is 3.32. The molecule has 1 radical (unpaired) electrons. The Bertz CT molecular complexity index is 257. The van der Waals surface area contributed by atoms with E-state index in [1.165, 1.54) is 17.7 Å². The van der Waals surface area contributed by atoms with Crippen molar-refractivity contribution in [3.8, 4) is 0 Å². The van der Waals surface area contributed by atoms with Gasteiger partial charge in [-0.1, -0.05) is 6.07 Å². The monoisotopic (exact) mass is 136 g/mol. The van der Waals surface area contributed by atoms with E-state index in [9.17, 15) is 4.39 Å². The average Bonchev–Trinajstić information content (AvgIpc) is 2.33. The normalized spacial score (nSPS) is 14.5. The van der Waals surface area contributed by atoms with Crippen LogP contribution in [0.5, 0.6) is 0 Å². The summed E-state index contributed by atoms with van der Waals surface area (Å²) >= 11 is 0. The van der Waals surface area contributed by atoms with E-state index in [0.717, 1.165) is 18.7 Å². The van der Waals surface area contributed by atoms with Crippen LogP contribution in [0, 0.1) is 5.82 Å². The van der Waals surface area contributed by atoms with Crippen LogP contribution in [-0.2, 0) is 6.42 Å². The fraction of sp³-hybridized carbons (Fsp3) is 0.250. The van der Waals surface area contributed by atoms with Crippen molar-refractivity contribution < 1.29 is 4.39 Å². The standard InChI is InChI=1S/C8H7FN/c9-7-2-1-6-3-4-10-8(6)5-7/h1-2,5H,3-4H2. The van der Waals surface area contributed by atoms with E-state index in [2.05, 4.69) is 5.32 Å². The molecule has 0 saturated heterocycles. The predicted molar refractivity (Wildman–Crippen MR) is 36.8 cm³/mol. The molecule has 0 aromatic heterocycles. The molecule has 0 unspecified atom stereocenters. The summed E-state index contributed by atoms with van der Waals surface area (Å²) in [6.07, 6.45) is 0.968. The summed E-state index contributed by atoms with van der Waals surface area (Å²) in [5.74, 6) is -0.190. The van der Waals surface area contributed by atoms with Crippen LogP contribution in [0.15, 0.2) is 18.2 Å². The van der Waals surface area contributed by atoms with E-state index in [-0.39, 0.29) is 5.82 Å². The Morgan fingerprint density at radius 1 is 1.40 bits per heavy atom. The van der Waals surface area contributed by atoms with Crippen LogP contribution in [0.2, 0.25) is 0 Å². The molecule has 0 bridgehead atoms. The molecule has 0 aliphatic carbocycles. The minimum atomic E-state index is -0.190. The molecule has 0 saturated carbocycles. The van der Waals surface area contributed by atoms with E-state index in [0.29, 0.717) is 0 Å². The highest BCUT2D eigenvalue weighted by molar-refractivity contribution is 5.48. The van der Waals surface area contributed by atoms with Crippen LogP contribution in [0.25, 0.3) is 0 Å². The fourth-order valence-electron chi connectivity index (χ4n) is 1.19. The van der Waals surface area contributed by atoms with Crippen molar-refractivity contribution >= 4 is 5.69 Å². The molecular formula is C8H7FN. The van der Waals surface area contributed by atoms with Crippen LogP contribution in [0.1, 0.15) is 5.56 Å². The van der Waals surface area contributed by atoms with Crippen LogP contribution in [0.4, 0.5) is 10.1 Å². The van der Waals surface area contributed by atoms with Gasteiger partial charge in [0.1, 0.15) is 5.82 Å². The first kappa shape index (κ1) is 5.71. The Morgan fingerprint density at radius 2 is 2.30 bits per heavy atom. The second-order valence-corrected chi connectivity index (χ2v) is 2.40. The number of halogens is 1. The van der Waals surface area contributed by atoms with Gasteiger partial charge in [-0.3, -0.25) is 5.32 Å². The molecule has 2 heteroatoms. The van der Waals surface area contributed by atoms with Gasteiger partial charge in [0.2, 0.25) is 0 Å². The molecule has 51 valence electrons. The van der Waals surface area contributed by atoms with Crippen LogP contribution < -0.4 is 5.32 Å². The second-order valence-electron chi connectivity index (χ2n) is 2.40. The molecule has 1 heterocycles. The van der Waals surface area contributed by atoms with Gasteiger partial charge in [0.05, 0.1) is 5.69 Å². The maximum absolute atomic E-state index is 12.5. The van der Waals surface area contributed by atoms with Crippen molar-refractivity contribution in [1.29, 1.82) is 0 Å². The molecule has 0 atom stereocenters. The van der Waals surface area contributed by atoms with Gasteiger partial charge in [-0.2, -0.15) is 0 Å². The second kappa shape index (κ2) is 1.97. The Balaban J connectivity index is 2.52. The minimum Gasteiger partial charge on any atom is -0.285 e. The van der Waals surface area contributed by atoms with Gasteiger partial charge in [0, 0.05) is 6.54 Å². The lowest BCUT2D eigenvalue weighted by Crippen LogP contribution is -1.89. The van der Waals surface area contributed by atoms with Gasteiger partial charge >= 0.3 is 0 Å². The molecule has 0 fully saturated rings. The lowest BCUT2D eigenvalue weighted by atomic mass is 10.2. The topological polar surface area (TPSA) is 14.1 Å². The van der Waals surface area contributed by atoms with Gasteiger partial charge in [-0.05, 0) is 24.1 Å². The molecule has 0 amide bonds. The van der Waals surface area contributed by atoms with Crippen LogP contribution >= 0.6 is 0 Å².